The van der Waals surface area contributed by atoms with Crippen LogP contribution in [0.1, 0.15) is 0 Å². The van der Waals surface area contributed by atoms with Gasteiger partial charge in [0.05, 0.1) is 4.47 Å². The van der Waals surface area contributed by atoms with Crippen molar-refractivity contribution >= 4 is 27.3 Å². The maximum Gasteiger partial charge on any atom is 0.359 e. The van der Waals surface area contributed by atoms with Crippen molar-refractivity contribution in [1.29, 1.82) is 0 Å². The van der Waals surface area contributed by atoms with Gasteiger partial charge >= 0.3 is 5.63 Å². The third-order valence-corrected chi connectivity index (χ3v) is 2.25. The number of hydrogen-bond donors (Lipinski definition) is 1. The summed E-state index contributed by atoms with van der Waals surface area (Å²) in [7, 11) is 0. The first kappa shape index (κ1) is 9.98. The molecule has 2 aromatic rings. The van der Waals surface area contributed by atoms with E-state index in [9.17, 15) is 4.79 Å². The second-order valence-corrected chi connectivity index (χ2v) is 3.87. The fourth-order valence-corrected chi connectivity index (χ4v) is 1.49. The van der Waals surface area contributed by atoms with Gasteiger partial charge in [-0.3, -0.25) is 0 Å². The van der Waals surface area contributed by atoms with E-state index in [0.29, 0.717) is 5.69 Å². The van der Waals surface area contributed by atoms with Gasteiger partial charge in [-0.05, 0) is 34.1 Å². The summed E-state index contributed by atoms with van der Waals surface area (Å²) in [6, 6.07) is 11.1. The van der Waals surface area contributed by atoms with Gasteiger partial charge in [-0.15, -0.1) is 0 Å². The van der Waals surface area contributed by atoms with Gasteiger partial charge in [-0.2, -0.15) is 0 Å². The molecule has 76 valence electrons. The second kappa shape index (κ2) is 4.31. The van der Waals surface area contributed by atoms with E-state index in [0.717, 1.165) is 10.2 Å². The van der Waals surface area contributed by atoms with Crippen molar-refractivity contribution in [2.45, 2.75) is 0 Å². The number of para-hydroxylation sites is 1. The van der Waals surface area contributed by atoms with Gasteiger partial charge in [0.15, 0.2) is 0 Å². The molecule has 0 fully saturated rings. The van der Waals surface area contributed by atoms with Crippen molar-refractivity contribution in [3.05, 3.63) is 57.6 Å². The molecule has 0 radical (unpaired) electrons. The molecule has 2 rings (SSSR count). The van der Waals surface area contributed by atoms with Crippen molar-refractivity contribution in [2.75, 3.05) is 5.32 Å². The maximum absolute atomic E-state index is 11.3. The third kappa shape index (κ3) is 2.47. The fraction of sp³-hybridized carbons (Fsp3) is 0. The molecule has 0 aliphatic rings. The minimum absolute atomic E-state index is 0.387. The molecule has 0 unspecified atom stereocenters. The topological polar surface area (TPSA) is 42.2 Å². The van der Waals surface area contributed by atoms with Crippen LogP contribution in [0.25, 0.3) is 0 Å². The molecule has 1 aromatic heterocycles. The third-order valence-electron chi connectivity index (χ3n) is 1.83. The highest BCUT2D eigenvalue weighted by Gasteiger charge is 2.01. The fourth-order valence-electron chi connectivity index (χ4n) is 1.17. The Morgan fingerprint density at radius 1 is 1.20 bits per heavy atom. The molecule has 1 N–H and O–H groups in total. The highest BCUT2D eigenvalue weighted by molar-refractivity contribution is 9.10. The standard InChI is InChI=1S/C11H8BrNO2/c12-8-6-10(11(14)15-7-8)13-9-4-2-1-3-5-9/h1-7,13H. The summed E-state index contributed by atoms with van der Waals surface area (Å²) in [4.78, 5) is 11.3. The summed E-state index contributed by atoms with van der Waals surface area (Å²) in [5.41, 5.74) is 0.875. The summed E-state index contributed by atoms with van der Waals surface area (Å²) in [5.74, 6) is 0. The van der Waals surface area contributed by atoms with Gasteiger partial charge in [0.2, 0.25) is 0 Å². The van der Waals surface area contributed by atoms with Gasteiger partial charge < -0.3 is 9.73 Å². The molecule has 4 heteroatoms. The molecule has 0 saturated carbocycles. The lowest BCUT2D eigenvalue weighted by Crippen LogP contribution is -2.05. The van der Waals surface area contributed by atoms with Crippen molar-refractivity contribution in [3.63, 3.8) is 0 Å². The summed E-state index contributed by atoms with van der Waals surface area (Å²) in [6.07, 6.45) is 1.36. The highest BCUT2D eigenvalue weighted by Crippen LogP contribution is 2.16. The Morgan fingerprint density at radius 2 is 1.93 bits per heavy atom. The van der Waals surface area contributed by atoms with Crippen LogP contribution in [-0.2, 0) is 0 Å². The monoisotopic (exact) mass is 265 g/mol. The van der Waals surface area contributed by atoms with E-state index in [-0.39, 0.29) is 5.63 Å². The Balaban J connectivity index is 2.32. The van der Waals surface area contributed by atoms with Crippen LogP contribution in [0.15, 0.2) is 56.3 Å². The van der Waals surface area contributed by atoms with Gasteiger partial charge in [0, 0.05) is 5.69 Å². The van der Waals surface area contributed by atoms with Crippen LogP contribution in [0.4, 0.5) is 11.4 Å². The zero-order valence-electron chi connectivity index (χ0n) is 7.74. The molecule has 0 bridgehead atoms. The van der Waals surface area contributed by atoms with Gasteiger partial charge in [0.25, 0.3) is 0 Å². The largest absolute Gasteiger partial charge is 0.429 e. The summed E-state index contributed by atoms with van der Waals surface area (Å²) in [5, 5.41) is 2.98. The summed E-state index contributed by atoms with van der Waals surface area (Å²) >= 11 is 3.24. The van der Waals surface area contributed by atoms with E-state index >= 15 is 0 Å². The average Bonchev–Trinajstić information content (AvgIpc) is 2.25. The SMILES string of the molecule is O=c1occ(Br)cc1Nc1ccccc1. The van der Waals surface area contributed by atoms with E-state index in [2.05, 4.69) is 21.2 Å². The van der Waals surface area contributed by atoms with Crippen LogP contribution in [-0.4, -0.2) is 0 Å². The predicted octanol–water partition coefficient (Wildman–Crippen LogP) is 3.15. The second-order valence-electron chi connectivity index (χ2n) is 2.96. The Labute approximate surface area is 94.9 Å². The van der Waals surface area contributed by atoms with E-state index in [1.807, 2.05) is 30.3 Å². The Morgan fingerprint density at radius 3 is 2.67 bits per heavy atom. The zero-order chi connectivity index (χ0) is 10.7. The van der Waals surface area contributed by atoms with Crippen molar-refractivity contribution in [3.8, 4) is 0 Å². The molecule has 0 atom stereocenters. The van der Waals surface area contributed by atoms with E-state index in [4.69, 9.17) is 4.42 Å². The molecular formula is C11H8BrNO2. The van der Waals surface area contributed by atoms with Crippen molar-refractivity contribution in [1.82, 2.24) is 0 Å². The number of nitrogens with one attached hydrogen (secondary N) is 1. The number of halogens is 1. The van der Waals surface area contributed by atoms with E-state index in [1.165, 1.54) is 6.26 Å². The molecule has 1 aromatic carbocycles. The van der Waals surface area contributed by atoms with Crippen LogP contribution in [0.5, 0.6) is 0 Å². The number of anilines is 2. The molecule has 3 nitrogen and oxygen atoms in total. The number of hydrogen-bond acceptors (Lipinski definition) is 3. The molecule has 0 aliphatic heterocycles. The smallest absolute Gasteiger partial charge is 0.359 e. The van der Waals surface area contributed by atoms with Crippen LogP contribution >= 0.6 is 15.9 Å². The molecule has 0 aliphatic carbocycles. The van der Waals surface area contributed by atoms with Crippen LogP contribution in [0.3, 0.4) is 0 Å². The first-order valence-electron chi connectivity index (χ1n) is 4.36. The quantitative estimate of drug-likeness (QED) is 0.907. The van der Waals surface area contributed by atoms with E-state index < -0.39 is 0 Å². The Hall–Kier alpha value is -1.55. The predicted molar refractivity (Wildman–Crippen MR) is 62.4 cm³/mol. The highest BCUT2D eigenvalue weighted by atomic mass is 79.9. The number of rotatable bonds is 2. The zero-order valence-corrected chi connectivity index (χ0v) is 9.32. The Bertz CT molecular complexity index is 507. The lowest BCUT2D eigenvalue weighted by molar-refractivity contribution is 0.510. The molecule has 0 saturated heterocycles. The van der Waals surface area contributed by atoms with Gasteiger partial charge in [-0.25, -0.2) is 4.79 Å². The van der Waals surface area contributed by atoms with Crippen molar-refractivity contribution in [2.24, 2.45) is 0 Å². The molecule has 0 amide bonds. The first-order valence-corrected chi connectivity index (χ1v) is 5.15. The number of benzene rings is 1. The molecular weight excluding hydrogens is 258 g/mol. The summed E-state index contributed by atoms with van der Waals surface area (Å²) < 4.78 is 5.52. The van der Waals surface area contributed by atoms with Gasteiger partial charge in [-0.1, -0.05) is 18.2 Å². The average molecular weight is 266 g/mol. The van der Waals surface area contributed by atoms with Crippen molar-refractivity contribution < 1.29 is 4.42 Å². The van der Waals surface area contributed by atoms with Crippen LogP contribution in [0.2, 0.25) is 0 Å². The van der Waals surface area contributed by atoms with E-state index in [1.54, 1.807) is 6.07 Å². The van der Waals surface area contributed by atoms with Crippen LogP contribution in [0, 0.1) is 0 Å². The molecule has 0 spiro atoms. The lowest BCUT2D eigenvalue weighted by atomic mass is 10.3. The minimum atomic E-state index is -0.387. The maximum atomic E-state index is 11.3. The molecule has 1 heterocycles. The molecule has 15 heavy (non-hydrogen) atoms. The normalized spacial score (nSPS) is 9.93. The lowest BCUT2D eigenvalue weighted by Gasteiger charge is -2.03. The van der Waals surface area contributed by atoms with Crippen LogP contribution < -0.4 is 10.9 Å². The minimum Gasteiger partial charge on any atom is -0.429 e. The summed E-state index contributed by atoms with van der Waals surface area (Å²) in [6.45, 7) is 0. The Kier molecular flexibility index (Phi) is 2.87. The first-order chi connectivity index (χ1) is 7.25. The van der Waals surface area contributed by atoms with Gasteiger partial charge in [0.1, 0.15) is 12.0 Å².